The summed E-state index contributed by atoms with van der Waals surface area (Å²) in [5, 5.41) is 2.99. The van der Waals surface area contributed by atoms with Gasteiger partial charge in [-0.2, -0.15) is 0 Å². The van der Waals surface area contributed by atoms with E-state index in [4.69, 9.17) is 0 Å². The number of hydrogen-bond acceptors (Lipinski definition) is 2. The van der Waals surface area contributed by atoms with Crippen LogP contribution in [0.2, 0.25) is 0 Å². The zero-order valence-corrected chi connectivity index (χ0v) is 18.1. The Kier molecular flexibility index (Phi) is 8.39. The van der Waals surface area contributed by atoms with Crippen LogP contribution < -0.4 is 5.32 Å². The number of halogens is 1. The summed E-state index contributed by atoms with van der Waals surface area (Å²) in [6.07, 6.45) is 8.05. The molecular formula is C26H31FN2O2. The summed E-state index contributed by atoms with van der Waals surface area (Å²) in [6, 6.07) is 14.9. The monoisotopic (exact) mass is 422 g/mol. The van der Waals surface area contributed by atoms with Crippen LogP contribution in [-0.4, -0.2) is 29.3 Å². The van der Waals surface area contributed by atoms with Crippen LogP contribution in [-0.2, 0) is 22.6 Å². The fraction of sp³-hybridized carbons (Fsp3) is 0.385. The van der Waals surface area contributed by atoms with Gasteiger partial charge >= 0.3 is 0 Å². The summed E-state index contributed by atoms with van der Waals surface area (Å²) in [7, 11) is 0. The number of hydrogen-bond donors (Lipinski definition) is 1. The highest BCUT2D eigenvalue weighted by Crippen LogP contribution is 2.19. The van der Waals surface area contributed by atoms with Gasteiger partial charge in [0.25, 0.3) is 0 Å². The minimum absolute atomic E-state index is 0.131. The molecule has 1 N–H and O–H groups in total. The van der Waals surface area contributed by atoms with E-state index in [1.54, 1.807) is 24.0 Å². The van der Waals surface area contributed by atoms with E-state index in [0.717, 1.165) is 30.4 Å². The van der Waals surface area contributed by atoms with E-state index in [-0.39, 0.29) is 30.6 Å². The van der Waals surface area contributed by atoms with Gasteiger partial charge in [0.15, 0.2) is 0 Å². The van der Waals surface area contributed by atoms with Crippen LogP contribution in [0.3, 0.4) is 0 Å². The largest absolute Gasteiger partial charge is 0.354 e. The zero-order valence-electron chi connectivity index (χ0n) is 18.1. The van der Waals surface area contributed by atoms with Gasteiger partial charge in [-0.25, -0.2) is 4.39 Å². The molecule has 0 unspecified atom stereocenters. The zero-order chi connectivity index (χ0) is 22.1. The lowest BCUT2D eigenvalue weighted by Gasteiger charge is -2.29. The lowest BCUT2D eigenvalue weighted by atomic mass is 9.97. The van der Waals surface area contributed by atoms with E-state index < -0.39 is 6.04 Å². The van der Waals surface area contributed by atoms with Gasteiger partial charge in [-0.15, -0.1) is 0 Å². The Bertz CT molecular complexity index is 893. The molecule has 0 aliphatic heterocycles. The first-order valence-corrected chi connectivity index (χ1v) is 11.1. The molecule has 0 fully saturated rings. The van der Waals surface area contributed by atoms with Crippen LogP contribution >= 0.6 is 0 Å². The summed E-state index contributed by atoms with van der Waals surface area (Å²) < 4.78 is 13.3. The smallest absolute Gasteiger partial charge is 0.242 e. The summed E-state index contributed by atoms with van der Waals surface area (Å²) in [4.78, 5) is 27.5. The van der Waals surface area contributed by atoms with Gasteiger partial charge in [-0.1, -0.05) is 54.1 Å². The van der Waals surface area contributed by atoms with E-state index in [1.807, 2.05) is 30.3 Å². The molecule has 2 amide bonds. The lowest BCUT2D eigenvalue weighted by molar-refractivity contribution is -0.140. The van der Waals surface area contributed by atoms with Crippen molar-refractivity contribution in [2.75, 3.05) is 6.54 Å². The molecule has 2 aromatic rings. The van der Waals surface area contributed by atoms with Crippen molar-refractivity contribution >= 4 is 11.8 Å². The van der Waals surface area contributed by atoms with Gasteiger partial charge < -0.3 is 10.2 Å². The average molecular weight is 423 g/mol. The molecule has 0 bridgehead atoms. The van der Waals surface area contributed by atoms with E-state index in [2.05, 4.69) is 11.4 Å². The molecule has 3 rings (SSSR count). The molecule has 0 heterocycles. The van der Waals surface area contributed by atoms with Gasteiger partial charge in [-0.05, 0) is 62.3 Å². The fourth-order valence-corrected chi connectivity index (χ4v) is 3.87. The number of amides is 2. The Morgan fingerprint density at radius 1 is 1.03 bits per heavy atom. The highest BCUT2D eigenvalue weighted by molar-refractivity contribution is 5.88. The highest BCUT2D eigenvalue weighted by atomic mass is 19.1. The first-order valence-electron chi connectivity index (χ1n) is 11.1. The molecule has 0 aromatic heterocycles. The maximum Gasteiger partial charge on any atom is 0.242 e. The van der Waals surface area contributed by atoms with Gasteiger partial charge in [0, 0.05) is 13.1 Å². The third-order valence-electron chi connectivity index (χ3n) is 5.76. The molecule has 0 saturated heterocycles. The quantitative estimate of drug-likeness (QED) is 0.591. The van der Waals surface area contributed by atoms with Crippen LogP contribution in [0.4, 0.5) is 4.39 Å². The van der Waals surface area contributed by atoms with Crippen LogP contribution in [0.25, 0.3) is 0 Å². The van der Waals surface area contributed by atoms with Crippen molar-refractivity contribution in [3.8, 4) is 0 Å². The van der Waals surface area contributed by atoms with E-state index >= 15 is 0 Å². The van der Waals surface area contributed by atoms with E-state index in [9.17, 15) is 14.0 Å². The average Bonchev–Trinajstić information content (AvgIpc) is 2.79. The SMILES string of the molecule is C[C@@H](C(=O)NCCC1=CCCCC1)N(Cc1ccc(F)cc1)C(=O)Cc1ccccc1. The molecular weight excluding hydrogens is 391 g/mol. The second-order valence-electron chi connectivity index (χ2n) is 8.14. The molecule has 4 nitrogen and oxygen atoms in total. The molecule has 1 aliphatic carbocycles. The summed E-state index contributed by atoms with van der Waals surface area (Å²) >= 11 is 0. The molecule has 164 valence electrons. The molecule has 2 aromatic carbocycles. The number of nitrogens with one attached hydrogen (secondary N) is 1. The Labute approximate surface area is 184 Å². The van der Waals surface area contributed by atoms with Crippen LogP contribution in [0.1, 0.15) is 50.2 Å². The van der Waals surface area contributed by atoms with Gasteiger partial charge in [0.05, 0.1) is 6.42 Å². The van der Waals surface area contributed by atoms with Crippen molar-refractivity contribution in [2.24, 2.45) is 0 Å². The minimum atomic E-state index is -0.624. The summed E-state index contributed by atoms with van der Waals surface area (Å²) in [6.45, 7) is 2.58. The fourth-order valence-electron chi connectivity index (χ4n) is 3.87. The van der Waals surface area contributed by atoms with E-state index in [1.165, 1.54) is 30.5 Å². The first-order chi connectivity index (χ1) is 15.0. The van der Waals surface area contributed by atoms with E-state index in [0.29, 0.717) is 6.54 Å². The molecule has 0 radical (unpaired) electrons. The topological polar surface area (TPSA) is 49.4 Å². The molecule has 1 atom stereocenters. The van der Waals surface area contributed by atoms with Crippen LogP contribution in [0.15, 0.2) is 66.2 Å². The number of carbonyl (C=O) groups is 2. The van der Waals surface area contributed by atoms with Crippen LogP contribution in [0.5, 0.6) is 0 Å². The normalized spacial score (nSPS) is 14.5. The first kappa shape index (κ1) is 22.7. The van der Waals surface area contributed by atoms with Crippen molar-refractivity contribution in [1.82, 2.24) is 10.2 Å². The second-order valence-corrected chi connectivity index (χ2v) is 8.14. The number of rotatable bonds is 9. The molecule has 1 aliphatic rings. The number of nitrogens with zero attached hydrogens (tertiary/aromatic N) is 1. The van der Waals surface area contributed by atoms with Crippen molar-refractivity contribution in [3.05, 3.63) is 83.2 Å². The number of benzene rings is 2. The van der Waals surface area contributed by atoms with Crippen molar-refractivity contribution in [1.29, 1.82) is 0 Å². The second kappa shape index (κ2) is 11.4. The summed E-state index contributed by atoms with van der Waals surface area (Å²) in [5.74, 6) is -0.623. The molecule has 31 heavy (non-hydrogen) atoms. The van der Waals surface area contributed by atoms with Gasteiger partial charge in [0.2, 0.25) is 11.8 Å². The van der Waals surface area contributed by atoms with Crippen molar-refractivity contribution in [3.63, 3.8) is 0 Å². The van der Waals surface area contributed by atoms with Crippen molar-refractivity contribution in [2.45, 2.75) is 58.0 Å². The van der Waals surface area contributed by atoms with Gasteiger partial charge in [-0.3, -0.25) is 9.59 Å². The number of carbonyl (C=O) groups excluding carboxylic acids is 2. The third kappa shape index (κ3) is 7.06. The van der Waals surface area contributed by atoms with Crippen LogP contribution in [0, 0.1) is 5.82 Å². The standard InChI is InChI=1S/C26H31FN2O2/c1-20(26(31)28-17-16-21-8-4-2-5-9-21)29(19-23-12-14-24(27)15-13-23)25(30)18-22-10-6-3-7-11-22/h3,6-8,10-15,20H,2,4-5,9,16-19H2,1H3,(H,28,31)/t20-/m0/s1. The molecule has 0 saturated carbocycles. The number of allylic oxidation sites excluding steroid dienone is 1. The van der Waals surface area contributed by atoms with Crippen molar-refractivity contribution < 1.29 is 14.0 Å². The third-order valence-corrected chi connectivity index (χ3v) is 5.76. The minimum Gasteiger partial charge on any atom is -0.354 e. The lowest BCUT2D eigenvalue weighted by Crippen LogP contribution is -2.48. The predicted molar refractivity (Wildman–Crippen MR) is 121 cm³/mol. The molecule has 5 heteroatoms. The summed E-state index contributed by atoms with van der Waals surface area (Å²) in [5.41, 5.74) is 3.09. The maximum atomic E-state index is 13.3. The Morgan fingerprint density at radius 2 is 1.77 bits per heavy atom. The Morgan fingerprint density at radius 3 is 2.45 bits per heavy atom. The Hall–Kier alpha value is -2.95. The molecule has 0 spiro atoms. The van der Waals surface area contributed by atoms with Gasteiger partial charge in [0.1, 0.15) is 11.9 Å². The Balaban J connectivity index is 1.65. The highest BCUT2D eigenvalue weighted by Gasteiger charge is 2.26. The maximum absolute atomic E-state index is 13.3. The predicted octanol–water partition coefficient (Wildman–Crippen LogP) is 4.79.